The van der Waals surface area contributed by atoms with Gasteiger partial charge < -0.3 is 5.32 Å². The van der Waals surface area contributed by atoms with Gasteiger partial charge in [-0.05, 0) is 60.2 Å². The smallest absolute Gasteiger partial charge is 0.282 e. The number of thioether (sulfide) groups is 1. The summed E-state index contributed by atoms with van der Waals surface area (Å²) >= 11 is 3.03. The van der Waals surface area contributed by atoms with Crippen LogP contribution < -0.4 is 5.32 Å². The number of fused-ring (bicyclic) bond motifs is 1. The third kappa shape index (κ3) is 4.54. The van der Waals surface area contributed by atoms with Crippen LogP contribution >= 0.6 is 23.1 Å². The van der Waals surface area contributed by atoms with Crippen molar-refractivity contribution in [2.45, 2.75) is 36.5 Å². The first-order chi connectivity index (χ1) is 13.2. The molecule has 3 aromatic rings. The highest BCUT2D eigenvalue weighted by molar-refractivity contribution is 7.98. The lowest BCUT2D eigenvalue weighted by Crippen LogP contribution is -2.22. The minimum atomic E-state index is -0.292. The van der Waals surface area contributed by atoms with E-state index < -0.39 is 0 Å². The van der Waals surface area contributed by atoms with Crippen molar-refractivity contribution in [1.82, 2.24) is 15.5 Å². The molecule has 0 saturated heterocycles. The van der Waals surface area contributed by atoms with Crippen molar-refractivity contribution < 1.29 is 9.18 Å². The van der Waals surface area contributed by atoms with E-state index in [4.69, 9.17) is 0 Å². The van der Waals surface area contributed by atoms with Crippen molar-refractivity contribution in [3.63, 3.8) is 0 Å². The van der Waals surface area contributed by atoms with Crippen molar-refractivity contribution in [3.05, 3.63) is 75.0 Å². The fourth-order valence-electron chi connectivity index (χ4n) is 3.05. The summed E-state index contributed by atoms with van der Waals surface area (Å²) in [7, 11) is 0. The van der Waals surface area contributed by atoms with Crippen molar-refractivity contribution in [2.75, 3.05) is 0 Å². The molecule has 0 radical (unpaired) electrons. The predicted octanol–water partition coefficient (Wildman–Crippen LogP) is 4.39. The molecule has 1 aliphatic carbocycles. The van der Waals surface area contributed by atoms with Gasteiger partial charge in [-0.25, -0.2) is 4.39 Å². The first kappa shape index (κ1) is 18.1. The summed E-state index contributed by atoms with van der Waals surface area (Å²) in [5.41, 5.74) is 3.76. The number of halogens is 1. The first-order valence-corrected chi connectivity index (χ1v) is 10.6. The van der Waals surface area contributed by atoms with E-state index in [0.29, 0.717) is 17.3 Å². The number of amides is 1. The van der Waals surface area contributed by atoms with Gasteiger partial charge in [-0.2, -0.15) is 0 Å². The van der Waals surface area contributed by atoms with Gasteiger partial charge in [0.1, 0.15) is 10.8 Å². The second-order valence-electron chi connectivity index (χ2n) is 6.38. The zero-order chi connectivity index (χ0) is 18.6. The van der Waals surface area contributed by atoms with Crippen LogP contribution in [0.25, 0.3) is 0 Å². The maximum Gasteiger partial charge on any atom is 0.282 e. The van der Waals surface area contributed by atoms with E-state index in [9.17, 15) is 9.18 Å². The Balaban J connectivity index is 1.31. The number of rotatable bonds is 6. The Morgan fingerprint density at radius 1 is 1.11 bits per heavy atom. The predicted molar refractivity (Wildman–Crippen MR) is 106 cm³/mol. The Morgan fingerprint density at radius 2 is 1.93 bits per heavy atom. The molecule has 0 bridgehead atoms. The third-order valence-corrected chi connectivity index (χ3v) is 6.57. The quantitative estimate of drug-likeness (QED) is 0.625. The first-order valence-electron chi connectivity index (χ1n) is 8.77. The summed E-state index contributed by atoms with van der Waals surface area (Å²) in [6.07, 6.45) is 3.60. The molecule has 1 aliphatic rings. The van der Waals surface area contributed by atoms with Gasteiger partial charge in [0.15, 0.2) is 0 Å². The highest BCUT2D eigenvalue weighted by Gasteiger charge is 2.14. The molecule has 138 valence electrons. The average molecular weight is 400 g/mol. The van der Waals surface area contributed by atoms with Gasteiger partial charge >= 0.3 is 0 Å². The van der Waals surface area contributed by atoms with Crippen molar-refractivity contribution in [1.29, 1.82) is 0 Å². The number of aryl methyl sites for hydroxylation is 2. The molecule has 7 heteroatoms. The van der Waals surface area contributed by atoms with Gasteiger partial charge in [0.25, 0.3) is 5.91 Å². The summed E-state index contributed by atoms with van der Waals surface area (Å²) < 4.78 is 12.9. The number of carbonyl (C=O) groups excluding carboxylic acids is 1. The van der Waals surface area contributed by atoms with Crippen LogP contribution in [0.3, 0.4) is 0 Å². The lowest BCUT2D eigenvalue weighted by Gasteiger charge is -2.03. The molecule has 0 fully saturated rings. The summed E-state index contributed by atoms with van der Waals surface area (Å²) in [6, 6.07) is 12.7. The maximum atomic E-state index is 12.9. The third-order valence-electron chi connectivity index (χ3n) is 4.46. The summed E-state index contributed by atoms with van der Waals surface area (Å²) in [5.74, 6) is 0.145. The van der Waals surface area contributed by atoms with E-state index in [-0.39, 0.29) is 11.7 Å². The van der Waals surface area contributed by atoms with E-state index >= 15 is 0 Å². The maximum absolute atomic E-state index is 12.9. The van der Waals surface area contributed by atoms with E-state index in [2.05, 4.69) is 33.7 Å². The van der Waals surface area contributed by atoms with Crippen LogP contribution in [0.5, 0.6) is 0 Å². The molecular weight excluding hydrogens is 381 g/mol. The molecule has 0 aliphatic heterocycles. The van der Waals surface area contributed by atoms with E-state index in [1.807, 2.05) is 0 Å². The molecule has 0 spiro atoms. The number of hydrogen-bond acceptors (Lipinski definition) is 5. The SMILES string of the molecule is O=C(NCc1ccc(F)cc1)c1nnc(CSc2ccc3c(c2)CCC3)s1. The average Bonchev–Trinajstić information content (AvgIpc) is 3.34. The van der Waals surface area contributed by atoms with E-state index in [1.165, 1.54) is 58.8 Å². The molecule has 2 aromatic carbocycles. The zero-order valence-electron chi connectivity index (χ0n) is 14.6. The van der Waals surface area contributed by atoms with E-state index in [1.54, 1.807) is 23.9 Å². The van der Waals surface area contributed by atoms with Crippen molar-refractivity contribution in [2.24, 2.45) is 0 Å². The lowest BCUT2D eigenvalue weighted by molar-refractivity contribution is 0.0950. The van der Waals surface area contributed by atoms with Crippen LogP contribution in [0.2, 0.25) is 0 Å². The van der Waals surface area contributed by atoms with Gasteiger partial charge in [0.2, 0.25) is 5.01 Å². The monoisotopic (exact) mass is 399 g/mol. The Morgan fingerprint density at radius 3 is 2.78 bits per heavy atom. The number of hydrogen-bond donors (Lipinski definition) is 1. The molecule has 1 aromatic heterocycles. The largest absolute Gasteiger partial charge is 0.346 e. The van der Waals surface area contributed by atoms with Gasteiger partial charge in [-0.15, -0.1) is 22.0 Å². The van der Waals surface area contributed by atoms with Gasteiger partial charge in [-0.1, -0.05) is 29.5 Å². The molecule has 27 heavy (non-hydrogen) atoms. The fourth-order valence-corrected chi connectivity index (χ4v) is 4.75. The molecule has 0 saturated carbocycles. The Labute approximate surface area is 165 Å². The molecule has 4 nitrogen and oxygen atoms in total. The van der Waals surface area contributed by atoms with E-state index in [0.717, 1.165) is 10.6 Å². The number of nitrogens with zero attached hydrogens (tertiary/aromatic N) is 2. The van der Waals surface area contributed by atoms with Crippen LogP contribution in [0, 0.1) is 5.82 Å². The Bertz CT molecular complexity index is 956. The second-order valence-corrected chi connectivity index (χ2v) is 8.49. The number of nitrogens with one attached hydrogen (secondary N) is 1. The standard InChI is InChI=1S/C20H18FN3OS2/c21-16-7-4-13(5-8-16)11-22-19(25)20-24-23-18(27-20)12-26-17-9-6-14-2-1-3-15(14)10-17/h4-10H,1-3,11-12H2,(H,22,25). The van der Waals surface area contributed by atoms with Crippen LogP contribution in [0.1, 0.15) is 37.9 Å². The number of aromatic nitrogens is 2. The van der Waals surface area contributed by atoms with Crippen LogP contribution in [0.15, 0.2) is 47.4 Å². The summed E-state index contributed by atoms with van der Waals surface area (Å²) in [6.45, 7) is 0.331. The minimum Gasteiger partial charge on any atom is -0.346 e. The molecule has 1 amide bonds. The summed E-state index contributed by atoms with van der Waals surface area (Å²) in [4.78, 5) is 13.4. The molecule has 1 heterocycles. The van der Waals surface area contributed by atoms with Crippen LogP contribution in [0.4, 0.5) is 4.39 Å². The van der Waals surface area contributed by atoms with Crippen molar-refractivity contribution >= 4 is 29.0 Å². The Kier molecular flexibility index (Phi) is 5.50. The topological polar surface area (TPSA) is 54.9 Å². The zero-order valence-corrected chi connectivity index (χ0v) is 16.2. The van der Waals surface area contributed by atoms with Gasteiger partial charge in [0.05, 0.1) is 5.75 Å². The Hall–Kier alpha value is -2.25. The molecule has 4 rings (SSSR count). The molecular formula is C20H18FN3OS2. The lowest BCUT2D eigenvalue weighted by atomic mass is 10.1. The molecule has 1 N–H and O–H groups in total. The van der Waals surface area contributed by atoms with Crippen LogP contribution in [-0.2, 0) is 25.1 Å². The highest BCUT2D eigenvalue weighted by atomic mass is 32.2. The number of carbonyl (C=O) groups is 1. The second kappa shape index (κ2) is 8.19. The van der Waals surface area contributed by atoms with Gasteiger partial charge in [0, 0.05) is 11.4 Å². The highest BCUT2D eigenvalue weighted by Crippen LogP contribution is 2.30. The molecule has 0 atom stereocenters. The van der Waals surface area contributed by atoms with Crippen LogP contribution in [-0.4, -0.2) is 16.1 Å². The normalized spacial score (nSPS) is 12.8. The van der Waals surface area contributed by atoms with Crippen molar-refractivity contribution in [3.8, 4) is 0 Å². The molecule has 0 unspecified atom stereocenters. The summed E-state index contributed by atoms with van der Waals surface area (Å²) in [5, 5.41) is 12.1. The fraction of sp³-hybridized carbons (Fsp3) is 0.250. The number of benzene rings is 2. The van der Waals surface area contributed by atoms with Gasteiger partial charge in [-0.3, -0.25) is 4.79 Å². The minimum absolute atomic E-state index is 0.259.